The van der Waals surface area contributed by atoms with Gasteiger partial charge in [0.25, 0.3) is 0 Å². The van der Waals surface area contributed by atoms with Crippen LogP contribution in [-0.2, 0) is 11.3 Å². The number of hydrogen-bond donors (Lipinski definition) is 1. The van der Waals surface area contributed by atoms with Gasteiger partial charge in [0.15, 0.2) is 5.65 Å². The Morgan fingerprint density at radius 2 is 2.22 bits per heavy atom. The number of carboxylic acid groups (broad SMARTS) is 1. The fraction of sp³-hybridized carbons (Fsp3) is 0.364. The number of aromatic nitrogens is 3. The van der Waals surface area contributed by atoms with E-state index in [1.807, 2.05) is 6.07 Å². The average molecular weight is 267 g/mol. The van der Waals surface area contributed by atoms with Crippen LogP contribution in [0.5, 0.6) is 0 Å². The van der Waals surface area contributed by atoms with Gasteiger partial charge in [0, 0.05) is 17.7 Å². The minimum Gasteiger partial charge on any atom is -0.481 e. The Labute approximate surface area is 107 Å². The summed E-state index contributed by atoms with van der Waals surface area (Å²) in [5.74, 6) is 0.432. The van der Waals surface area contributed by atoms with E-state index in [1.54, 1.807) is 18.3 Å². The van der Waals surface area contributed by atoms with E-state index >= 15 is 0 Å². The summed E-state index contributed by atoms with van der Waals surface area (Å²) in [5, 5.41) is 12.7. The van der Waals surface area contributed by atoms with Crippen LogP contribution in [0.3, 0.4) is 0 Å². The molecule has 2 heterocycles. The zero-order chi connectivity index (χ0) is 13.0. The second-order valence-corrected chi connectivity index (χ2v) is 4.92. The summed E-state index contributed by atoms with van der Waals surface area (Å²) in [6.07, 6.45) is 1.82. The number of fused-ring (bicyclic) bond motifs is 1. The highest BCUT2D eigenvalue weighted by Gasteiger charge is 2.05. The molecule has 7 heteroatoms. The van der Waals surface area contributed by atoms with Crippen molar-refractivity contribution in [2.24, 2.45) is 0 Å². The molecule has 18 heavy (non-hydrogen) atoms. The molecule has 0 unspecified atom stereocenters. The van der Waals surface area contributed by atoms with E-state index in [0.717, 1.165) is 0 Å². The zero-order valence-corrected chi connectivity index (χ0v) is 10.5. The van der Waals surface area contributed by atoms with Crippen molar-refractivity contribution in [3.05, 3.63) is 34.9 Å². The van der Waals surface area contributed by atoms with Crippen LogP contribution >= 0.6 is 11.8 Å². The Morgan fingerprint density at radius 3 is 2.94 bits per heavy atom. The molecule has 1 N–H and O–H groups in total. The summed E-state index contributed by atoms with van der Waals surface area (Å²) < 4.78 is 2.89. The molecule has 0 atom stereocenters. The Balaban J connectivity index is 1.94. The van der Waals surface area contributed by atoms with Gasteiger partial charge < -0.3 is 5.11 Å². The van der Waals surface area contributed by atoms with Crippen LogP contribution in [0.15, 0.2) is 29.2 Å². The van der Waals surface area contributed by atoms with Crippen LogP contribution in [0.25, 0.3) is 5.65 Å². The van der Waals surface area contributed by atoms with Crippen LogP contribution in [0.4, 0.5) is 0 Å². The largest absolute Gasteiger partial charge is 0.481 e. The topological polar surface area (TPSA) is 76.6 Å². The van der Waals surface area contributed by atoms with E-state index in [9.17, 15) is 9.59 Å². The minimum absolute atomic E-state index is 0.144. The summed E-state index contributed by atoms with van der Waals surface area (Å²) in [6.45, 7) is 0.491. The van der Waals surface area contributed by atoms with Gasteiger partial charge in [0.1, 0.15) is 0 Å². The van der Waals surface area contributed by atoms with Crippen molar-refractivity contribution in [2.45, 2.75) is 13.0 Å². The van der Waals surface area contributed by atoms with Gasteiger partial charge in [-0.2, -0.15) is 11.8 Å². The maximum atomic E-state index is 11.9. The molecule has 2 aromatic rings. The van der Waals surface area contributed by atoms with Crippen molar-refractivity contribution < 1.29 is 9.90 Å². The quantitative estimate of drug-likeness (QED) is 0.780. The van der Waals surface area contributed by atoms with Crippen molar-refractivity contribution in [1.82, 2.24) is 14.2 Å². The molecule has 0 amide bonds. The molecule has 0 saturated heterocycles. The highest BCUT2D eigenvalue weighted by molar-refractivity contribution is 7.99. The number of nitrogens with zero attached hydrogens (tertiary/aromatic N) is 3. The number of aliphatic carboxylic acids is 1. The van der Waals surface area contributed by atoms with E-state index < -0.39 is 5.97 Å². The van der Waals surface area contributed by atoms with Gasteiger partial charge >= 0.3 is 11.7 Å². The molecule has 0 spiro atoms. The summed E-state index contributed by atoms with van der Waals surface area (Å²) >= 11 is 1.51. The van der Waals surface area contributed by atoms with E-state index in [-0.39, 0.29) is 12.1 Å². The van der Waals surface area contributed by atoms with Crippen LogP contribution in [-0.4, -0.2) is 36.8 Å². The Hall–Kier alpha value is -1.76. The van der Waals surface area contributed by atoms with Gasteiger partial charge in [-0.25, -0.2) is 9.48 Å². The molecular formula is C11H13N3O3S. The number of hydrogen-bond acceptors (Lipinski definition) is 4. The summed E-state index contributed by atoms with van der Waals surface area (Å²) in [6, 6.07) is 5.38. The molecule has 0 fully saturated rings. The number of carboxylic acids is 1. The minimum atomic E-state index is -0.799. The van der Waals surface area contributed by atoms with Crippen LogP contribution in [0.2, 0.25) is 0 Å². The first-order valence-corrected chi connectivity index (χ1v) is 6.67. The third-order valence-corrected chi connectivity index (χ3v) is 3.36. The van der Waals surface area contributed by atoms with Gasteiger partial charge in [-0.1, -0.05) is 6.07 Å². The molecule has 0 radical (unpaired) electrons. The highest BCUT2D eigenvalue weighted by atomic mass is 32.2. The molecule has 2 aromatic heterocycles. The smallest absolute Gasteiger partial charge is 0.350 e. The first kappa shape index (κ1) is 12.7. The van der Waals surface area contributed by atoms with Crippen molar-refractivity contribution in [1.29, 1.82) is 0 Å². The standard InChI is InChI=1S/C11H13N3O3S/c15-10(16)4-7-18-8-6-14-11(17)13-5-2-1-3-9(13)12-14/h1-3,5H,4,6-8H2,(H,15,16). The van der Waals surface area contributed by atoms with Gasteiger partial charge in [-0.05, 0) is 12.1 Å². The summed E-state index contributed by atoms with van der Waals surface area (Å²) in [4.78, 5) is 22.2. The molecule has 2 rings (SSSR count). The predicted octanol–water partition coefficient (Wildman–Crippen LogP) is 0.704. The fourth-order valence-corrected chi connectivity index (χ4v) is 2.35. The molecule has 0 aliphatic carbocycles. The number of carbonyl (C=O) groups is 1. The lowest BCUT2D eigenvalue weighted by Gasteiger charge is -1.98. The molecule has 0 saturated carbocycles. The number of pyridine rings is 1. The number of thioether (sulfide) groups is 1. The van der Waals surface area contributed by atoms with Crippen molar-refractivity contribution in [3.8, 4) is 0 Å². The molecule has 0 aliphatic heterocycles. The van der Waals surface area contributed by atoms with Gasteiger partial charge in [-0.15, -0.1) is 5.10 Å². The van der Waals surface area contributed by atoms with Crippen molar-refractivity contribution in [2.75, 3.05) is 11.5 Å². The van der Waals surface area contributed by atoms with Gasteiger partial charge in [-0.3, -0.25) is 9.20 Å². The van der Waals surface area contributed by atoms with Gasteiger partial charge in [0.2, 0.25) is 0 Å². The third-order valence-electron chi connectivity index (χ3n) is 2.40. The normalized spacial score (nSPS) is 10.9. The predicted molar refractivity (Wildman–Crippen MR) is 69.0 cm³/mol. The second-order valence-electron chi connectivity index (χ2n) is 3.69. The molecule has 0 bridgehead atoms. The molecule has 0 aliphatic rings. The second kappa shape index (κ2) is 5.72. The lowest BCUT2D eigenvalue weighted by atomic mass is 10.5. The maximum Gasteiger partial charge on any atom is 0.350 e. The maximum absolute atomic E-state index is 11.9. The Morgan fingerprint density at radius 1 is 1.39 bits per heavy atom. The molecule has 96 valence electrons. The van der Waals surface area contributed by atoms with Crippen molar-refractivity contribution in [3.63, 3.8) is 0 Å². The third kappa shape index (κ3) is 2.92. The lowest BCUT2D eigenvalue weighted by Crippen LogP contribution is -2.22. The zero-order valence-electron chi connectivity index (χ0n) is 9.65. The molecular weight excluding hydrogens is 254 g/mol. The summed E-state index contributed by atoms with van der Waals surface area (Å²) in [5.41, 5.74) is 0.461. The molecule has 6 nitrogen and oxygen atoms in total. The number of aryl methyl sites for hydroxylation is 1. The lowest BCUT2D eigenvalue weighted by molar-refractivity contribution is -0.136. The SMILES string of the molecule is O=C(O)CCSCCn1nc2ccccn2c1=O. The van der Waals surface area contributed by atoms with E-state index in [0.29, 0.717) is 23.7 Å². The monoisotopic (exact) mass is 267 g/mol. The van der Waals surface area contributed by atoms with Gasteiger partial charge in [0.05, 0.1) is 13.0 Å². The first-order valence-electron chi connectivity index (χ1n) is 5.52. The van der Waals surface area contributed by atoms with Crippen LogP contribution in [0.1, 0.15) is 6.42 Å². The summed E-state index contributed by atoms with van der Waals surface area (Å²) in [7, 11) is 0. The average Bonchev–Trinajstić information content (AvgIpc) is 2.66. The Kier molecular flexibility index (Phi) is 4.03. The molecule has 0 aromatic carbocycles. The number of rotatable bonds is 6. The van der Waals surface area contributed by atoms with E-state index in [1.165, 1.54) is 20.8 Å². The Bertz CT molecular complexity index is 605. The van der Waals surface area contributed by atoms with E-state index in [2.05, 4.69) is 5.10 Å². The van der Waals surface area contributed by atoms with Crippen LogP contribution < -0.4 is 5.69 Å². The first-order chi connectivity index (χ1) is 8.68. The fourth-order valence-electron chi connectivity index (χ4n) is 1.53. The van der Waals surface area contributed by atoms with E-state index in [4.69, 9.17) is 5.11 Å². The highest BCUT2D eigenvalue weighted by Crippen LogP contribution is 2.03. The van der Waals surface area contributed by atoms with Crippen LogP contribution in [0, 0.1) is 0 Å². The van der Waals surface area contributed by atoms with Crippen molar-refractivity contribution >= 4 is 23.4 Å².